The number of hydrogen-bond donors (Lipinski definition) is 1. The van der Waals surface area contributed by atoms with Crippen LogP contribution in [-0.4, -0.2) is 47.3 Å². The second-order valence-electron chi connectivity index (χ2n) is 4.91. The van der Waals surface area contributed by atoms with Gasteiger partial charge in [0.25, 0.3) is 5.91 Å². The maximum atomic E-state index is 12.5. The quantitative estimate of drug-likeness (QED) is 0.827. The Morgan fingerprint density at radius 1 is 1.53 bits per heavy atom. The summed E-state index contributed by atoms with van der Waals surface area (Å²) in [6.45, 7) is 3.17. The van der Waals surface area contributed by atoms with Crippen LogP contribution < -0.4 is 5.73 Å². The van der Waals surface area contributed by atoms with E-state index in [9.17, 15) is 4.79 Å². The maximum Gasteiger partial charge on any atom is 0.274 e. The second kappa shape index (κ2) is 5.97. The number of hydrogen-bond acceptors (Lipinski definition) is 5. The Hall–Kier alpha value is -1.69. The van der Waals surface area contributed by atoms with Gasteiger partial charge in [-0.2, -0.15) is 0 Å². The number of methoxy groups -OCH3 is 1. The predicted octanol–water partition coefficient (Wildman–Crippen LogP) is 0.946. The van der Waals surface area contributed by atoms with Gasteiger partial charge in [-0.25, -0.2) is 0 Å². The highest BCUT2D eigenvalue weighted by Gasteiger charge is 2.34. The van der Waals surface area contributed by atoms with E-state index in [2.05, 4.69) is 17.1 Å². The fourth-order valence-corrected chi connectivity index (χ4v) is 2.12. The van der Waals surface area contributed by atoms with Crippen molar-refractivity contribution in [3.05, 3.63) is 17.8 Å². The first kappa shape index (κ1) is 13.7. The van der Waals surface area contributed by atoms with E-state index >= 15 is 0 Å². The van der Waals surface area contributed by atoms with Crippen molar-refractivity contribution in [2.45, 2.75) is 25.8 Å². The van der Waals surface area contributed by atoms with E-state index in [-0.39, 0.29) is 11.9 Å². The van der Waals surface area contributed by atoms with Gasteiger partial charge in [0.2, 0.25) is 0 Å². The number of carbonyl (C=O) groups is 1. The van der Waals surface area contributed by atoms with Crippen molar-refractivity contribution in [2.24, 2.45) is 5.92 Å². The van der Waals surface area contributed by atoms with E-state index in [1.165, 1.54) is 12.8 Å². The molecule has 2 N–H and O–H groups in total. The highest BCUT2D eigenvalue weighted by atomic mass is 16.5. The molecule has 1 fully saturated rings. The standard InChI is InChI=1S/C13H20N4O2/c1-9(10-3-4-10)17(7-8-19-2)13(18)11-5-6-12(14)16-15-11/h5-6,9-10H,3-4,7-8H2,1-2H3,(H2,14,16). The summed E-state index contributed by atoms with van der Waals surface area (Å²) in [6, 6.07) is 3.42. The summed E-state index contributed by atoms with van der Waals surface area (Å²) >= 11 is 0. The Kier molecular flexibility index (Phi) is 4.31. The van der Waals surface area contributed by atoms with Gasteiger partial charge in [-0.15, -0.1) is 10.2 Å². The third kappa shape index (κ3) is 3.41. The summed E-state index contributed by atoms with van der Waals surface area (Å²) in [7, 11) is 1.63. The maximum absolute atomic E-state index is 12.5. The van der Waals surface area contributed by atoms with E-state index < -0.39 is 0 Å². The van der Waals surface area contributed by atoms with Gasteiger partial charge in [-0.3, -0.25) is 4.79 Å². The van der Waals surface area contributed by atoms with Gasteiger partial charge < -0.3 is 15.4 Å². The molecule has 0 spiro atoms. The summed E-state index contributed by atoms with van der Waals surface area (Å²) in [4.78, 5) is 14.3. The lowest BCUT2D eigenvalue weighted by Gasteiger charge is -2.28. The van der Waals surface area contributed by atoms with Crippen LogP contribution in [0.2, 0.25) is 0 Å². The summed E-state index contributed by atoms with van der Waals surface area (Å²) in [5.74, 6) is 0.807. The number of carbonyl (C=O) groups excluding carboxylic acids is 1. The molecule has 1 aromatic rings. The Morgan fingerprint density at radius 3 is 2.79 bits per heavy atom. The zero-order valence-electron chi connectivity index (χ0n) is 11.4. The van der Waals surface area contributed by atoms with Gasteiger partial charge >= 0.3 is 0 Å². The summed E-state index contributed by atoms with van der Waals surface area (Å²) in [5, 5.41) is 7.59. The lowest BCUT2D eigenvalue weighted by Crippen LogP contribution is -2.42. The number of nitrogen functional groups attached to an aromatic ring is 1. The molecule has 6 nitrogen and oxygen atoms in total. The average molecular weight is 264 g/mol. The Balaban J connectivity index is 2.11. The molecule has 0 aromatic carbocycles. The largest absolute Gasteiger partial charge is 0.383 e. The SMILES string of the molecule is COCCN(C(=O)c1ccc(N)nn1)C(C)C1CC1. The van der Waals surface area contributed by atoms with Gasteiger partial charge in [-0.1, -0.05) is 0 Å². The first-order chi connectivity index (χ1) is 9.13. The molecule has 1 heterocycles. The minimum Gasteiger partial charge on any atom is -0.383 e. The minimum absolute atomic E-state index is 0.107. The molecule has 2 rings (SSSR count). The topological polar surface area (TPSA) is 81.3 Å². The van der Waals surface area contributed by atoms with Crippen molar-refractivity contribution in [3.8, 4) is 0 Å². The van der Waals surface area contributed by atoms with Crippen LogP contribution in [0.25, 0.3) is 0 Å². The predicted molar refractivity (Wildman–Crippen MR) is 71.5 cm³/mol. The molecule has 0 saturated heterocycles. The smallest absolute Gasteiger partial charge is 0.274 e. The molecule has 6 heteroatoms. The number of anilines is 1. The van der Waals surface area contributed by atoms with E-state index in [0.717, 1.165) is 0 Å². The molecule has 104 valence electrons. The number of nitrogens with two attached hydrogens (primary N) is 1. The van der Waals surface area contributed by atoms with Crippen molar-refractivity contribution in [1.82, 2.24) is 15.1 Å². The van der Waals surface area contributed by atoms with Crippen molar-refractivity contribution in [3.63, 3.8) is 0 Å². The van der Waals surface area contributed by atoms with Crippen LogP contribution in [0.15, 0.2) is 12.1 Å². The van der Waals surface area contributed by atoms with Crippen molar-refractivity contribution < 1.29 is 9.53 Å². The number of rotatable bonds is 6. The third-order valence-corrected chi connectivity index (χ3v) is 3.50. The van der Waals surface area contributed by atoms with Crippen LogP contribution in [0.3, 0.4) is 0 Å². The molecule has 1 unspecified atom stereocenters. The van der Waals surface area contributed by atoms with Crippen LogP contribution in [-0.2, 0) is 4.74 Å². The molecular formula is C13H20N4O2. The molecule has 1 atom stereocenters. The zero-order valence-corrected chi connectivity index (χ0v) is 11.4. The summed E-state index contributed by atoms with van der Waals surface area (Å²) < 4.78 is 5.08. The molecule has 1 aliphatic carbocycles. The molecule has 1 aliphatic rings. The van der Waals surface area contributed by atoms with E-state index in [1.54, 1.807) is 19.2 Å². The Morgan fingerprint density at radius 2 is 2.26 bits per heavy atom. The molecule has 0 bridgehead atoms. The lowest BCUT2D eigenvalue weighted by atomic mass is 10.1. The zero-order chi connectivity index (χ0) is 13.8. The van der Waals surface area contributed by atoms with E-state index in [1.807, 2.05) is 4.90 Å². The summed E-state index contributed by atoms with van der Waals surface area (Å²) in [6.07, 6.45) is 2.37. The Bertz CT molecular complexity index is 431. The first-order valence-electron chi connectivity index (χ1n) is 6.52. The first-order valence-corrected chi connectivity index (χ1v) is 6.52. The van der Waals surface area contributed by atoms with Crippen LogP contribution in [0, 0.1) is 5.92 Å². The molecule has 0 radical (unpaired) electrons. The van der Waals surface area contributed by atoms with E-state index in [0.29, 0.717) is 30.6 Å². The minimum atomic E-state index is -0.107. The van der Waals surface area contributed by atoms with Gasteiger partial charge in [0, 0.05) is 19.7 Å². The Labute approximate surface area is 112 Å². The highest BCUT2D eigenvalue weighted by Crippen LogP contribution is 2.35. The van der Waals surface area contributed by atoms with Gasteiger partial charge in [-0.05, 0) is 37.8 Å². The van der Waals surface area contributed by atoms with Crippen LogP contribution in [0.4, 0.5) is 5.82 Å². The van der Waals surface area contributed by atoms with Gasteiger partial charge in [0.05, 0.1) is 6.61 Å². The number of nitrogens with zero attached hydrogens (tertiary/aromatic N) is 3. The molecule has 19 heavy (non-hydrogen) atoms. The van der Waals surface area contributed by atoms with Crippen LogP contribution >= 0.6 is 0 Å². The van der Waals surface area contributed by atoms with Crippen molar-refractivity contribution in [1.29, 1.82) is 0 Å². The van der Waals surface area contributed by atoms with Crippen molar-refractivity contribution in [2.75, 3.05) is 26.0 Å². The average Bonchev–Trinajstić information content (AvgIpc) is 3.23. The number of amides is 1. The fraction of sp³-hybridized carbons (Fsp3) is 0.615. The molecule has 1 amide bonds. The molecule has 1 saturated carbocycles. The van der Waals surface area contributed by atoms with Gasteiger partial charge in [0.1, 0.15) is 5.82 Å². The lowest BCUT2D eigenvalue weighted by molar-refractivity contribution is 0.0588. The third-order valence-electron chi connectivity index (χ3n) is 3.50. The second-order valence-corrected chi connectivity index (χ2v) is 4.91. The van der Waals surface area contributed by atoms with Crippen LogP contribution in [0.1, 0.15) is 30.3 Å². The van der Waals surface area contributed by atoms with Gasteiger partial charge in [0.15, 0.2) is 5.69 Å². The molecule has 0 aliphatic heterocycles. The number of ether oxygens (including phenoxy) is 1. The normalized spacial score (nSPS) is 16.1. The molecular weight excluding hydrogens is 244 g/mol. The van der Waals surface area contributed by atoms with Crippen molar-refractivity contribution >= 4 is 11.7 Å². The summed E-state index contributed by atoms with van der Waals surface area (Å²) in [5.41, 5.74) is 5.81. The monoisotopic (exact) mass is 264 g/mol. The fourth-order valence-electron chi connectivity index (χ4n) is 2.12. The molecule has 1 aromatic heterocycles. The highest BCUT2D eigenvalue weighted by molar-refractivity contribution is 5.92. The van der Waals surface area contributed by atoms with Crippen LogP contribution in [0.5, 0.6) is 0 Å². The number of aromatic nitrogens is 2. The van der Waals surface area contributed by atoms with E-state index in [4.69, 9.17) is 10.5 Å².